The highest BCUT2D eigenvalue weighted by Crippen LogP contribution is 2.31. The van der Waals surface area contributed by atoms with Gasteiger partial charge in [0.15, 0.2) is 0 Å². The van der Waals surface area contributed by atoms with Crippen molar-refractivity contribution in [3.8, 4) is 5.75 Å². The lowest BCUT2D eigenvalue weighted by Crippen LogP contribution is -2.48. The molecule has 0 radical (unpaired) electrons. The van der Waals surface area contributed by atoms with Gasteiger partial charge in [-0.05, 0) is 61.3 Å². The molecule has 1 unspecified atom stereocenters. The van der Waals surface area contributed by atoms with E-state index < -0.39 is 0 Å². The lowest BCUT2D eigenvalue weighted by atomic mass is 10.00. The van der Waals surface area contributed by atoms with E-state index in [9.17, 15) is 4.79 Å². The number of carbonyl (C=O) groups excluding carboxylic acids is 1. The van der Waals surface area contributed by atoms with Crippen molar-refractivity contribution in [2.24, 2.45) is 0 Å². The van der Waals surface area contributed by atoms with Gasteiger partial charge in [-0.15, -0.1) is 0 Å². The van der Waals surface area contributed by atoms with Gasteiger partial charge in [-0.25, -0.2) is 0 Å². The van der Waals surface area contributed by atoms with E-state index in [0.717, 1.165) is 57.7 Å². The van der Waals surface area contributed by atoms with Crippen LogP contribution >= 0.6 is 0 Å². The molecule has 0 aliphatic carbocycles. The van der Waals surface area contributed by atoms with Gasteiger partial charge < -0.3 is 19.9 Å². The molecule has 33 heavy (non-hydrogen) atoms. The van der Waals surface area contributed by atoms with Gasteiger partial charge >= 0.3 is 0 Å². The van der Waals surface area contributed by atoms with Crippen LogP contribution in [0.3, 0.4) is 0 Å². The molecule has 1 saturated heterocycles. The summed E-state index contributed by atoms with van der Waals surface area (Å²) < 4.78 is 5.72. The molecule has 1 amide bonds. The van der Waals surface area contributed by atoms with Crippen LogP contribution in [0, 0.1) is 0 Å². The van der Waals surface area contributed by atoms with Crippen molar-refractivity contribution in [1.82, 2.24) is 15.1 Å². The van der Waals surface area contributed by atoms with Gasteiger partial charge in [0.1, 0.15) is 5.75 Å². The number of fused-ring (bicyclic) bond motifs is 1. The summed E-state index contributed by atoms with van der Waals surface area (Å²) in [5.41, 5.74) is 4.72. The molecule has 4 rings (SSSR count). The van der Waals surface area contributed by atoms with Crippen LogP contribution in [0.15, 0.2) is 42.5 Å². The fourth-order valence-electron chi connectivity index (χ4n) is 4.71. The number of unbranched alkanes of at least 4 members (excludes halogenated alkanes) is 1. The summed E-state index contributed by atoms with van der Waals surface area (Å²) in [5.74, 6) is 0.786. The average molecular weight is 451 g/mol. The summed E-state index contributed by atoms with van der Waals surface area (Å²) in [6.45, 7) is 8.67. The third kappa shape index (κ3) is 5.87. The van der Waals surface area contributed by atoms with Gasteiger partial charge in [0.2, 0.25) is 0 Å². The molecule has 1 N–H and O–H groups in total. The lowest BCUT2D eigenvalue weighted by molar-refractivity contribution is 0.0886. The van der Waals surface area contributed by atoms with Crippen molar-refractivity contribution in [2.75, 3.05) is 64.9 Å². The molecule has 178 valence electrons. The molecule has 1 fully saturated rings. The first-order chi connectivity index (χ1) is 16.0. The maximum absolute atomic E-state index is 12.9. The Morgan fingerprint density at radius 3 is 2.52 bits per heavy atom. The minimum Gasteiger partial charge on any atom is -0.494 e. The molecule has 0 aromatic heterocycles. The van der Waals surface area contributed by atoms with E-state index >= 15 is 0 Å². The predicted octanol–water partition coefficient (Wildman–Crippen LogP) is 3.58. The van der Waals surface area contributed by atoms with Crippen LogP contribution in [-0.2, 0) is 6.42 Å². The highest BCUT2D eigenvalue weighted by atomic mass is 16.5. The number of benzene rings is 2. The Morgan fingerprint density at radius 2 is 1.79 bits per heavy atom. The number of ether oxygens (including phenoxy) is 1. The second-order valence-electron chi connectivity index (χ2n) is 9.35. The zero-order chi connectivity index (χ0) is 23.2. The Hall–Kier alpha value is -2.57. The predicted molar refractivity (Wildman–Crippen MR) is 134 cm³/mol. The van der Waals surface area contributed by atoms with Crippen LogP contribution in [0.1, 0.15) is 47.3 Å². The summed E-state index contributed by atoms with van der Waals surface area (Å²) in [7, 11) is 4.33. The van der Waals surface area contributed by atoms with E-state index in [4.69, 9.17) is 4.74 Å². The number of carbonyl (C=O) groups is 1. The monoisotopic (exact) mass is 450 g/mol. The largest absolute Gasteiger partial charge is 0.494 e. The van der Waals surface area contributed by atoms with Gasteiger partial charge in [-0.1, -0.05) is 25.5 Å². The molecule has 2 aliphatic heterocycles. The third-order valence-corrected chi connectivity index (χ3v) is 6.93. The number of likely N-dealkylation sites (N-methyl/N-ethyl adjacent to an activating group) is 2. The molecular formula is C27H38N4O2. The Kier molecular flexibility index (Phi) is 7.89. The van der Waals surface area contributed by atoms with Crippen LogP contribution in [-0.4, -0.2) is 75.7 Å². The molecule has 2 aromatic carbocycles. The minimum atomic E-state index is -0.0323. The quantitative estimate of drug-likeness (QED) is 0.592. The Labute approximate surface area is 198 Å². The topological polar surface area (TPSA) is 48.1 Å². The van der Waals surface area contributed by atoms with Gasteiger partial charge in [0.05, 0.1) is 12.6 Å². The lowest BCUT2D eigenvalue weighted by Gasteiger charge is -2.38. The van der Waals surface area contributed by atoms with Gasteiger partial charge in [0, 0.05) is 57.6 Å². The number of hydrogen-bond donors (Lipinski definition) is 1. The molecule has 0 bridgehead atoms. The zero-order valence-electron chi connectivity index (χ0n) is 20.3. The van der Waals surface area contributed by atoms with E-state index in [-0.39, 0.29) is 11.9 Å². The first-order valence-electron chi connectivity index (χ1n) is 12.3. The van der Waals surface area contributed by atoms with Crippen LogP contribution in [0.4, 0.5) is 5.69 Å². The standard InChI is InChI=1S/C27H38N4O2/c1-4-5-18-33-24-9-6-21(7-10-24)27(32)28-20-26(31-16-14-29(2)15-17-31)22-8-11-25-23(19-22)12-13-30(25)3/h6-11,19,26H,4-5,12-18,20H2,1-3H3,(H,28,32). The number of piperazine rings is 1. The van der Waals surface area contributed by atoms with Crippen LogP contribution in [0.2, 0.25) is 0 Å². The maximum atomic E-state index is 12.9. The second kappa shape index (κ2) is 11.0. The first kappa shape index (κ1) is 23.6. The Balaban J connectivity index is 1.44. The summed E-state index contributed by atoms with van der Waals surface area (Å²) in [5, 5.41) is 3.21. The van der Waals surface area contributed by atoms with E-state index in [0.29, 0.717) is 18.7 Å². The second-order valence-corrected chi connectivity index (χ2v) is 9.35. The fourth-order valence-corrected chi connectivity index (χ4v) is 4.71. The van der Waals surface area contributed by atoms with Crippen molar-refractivity contribution in [1.29, 1.82) is 0 Å². The van der Waals surface area contributed by atoms with Crippen LogP contribution in [0.25, 0.3) is 0 Å². The van der Waals surface area contributed by atoms with Crippen molar-refractivity contribution < 1.29 is 9.53 Å². The minimum absolute atomic E-state index is 0.0323. The first-order valence-corrected chi connectivity index (χ1v) is 12.3. The number of nitrogens with zero attached hydrogens (tertiary/aromatic N) is 3. The van der Waals surface area contributed by atoms with Gasteiger partial charge in [-0.2, -0.15) is 0 Å². The molecule has 6 heteroatoms. The molecule has 6 nitrogen and oxygen atoms in total. The smallest absolute Gasteiger partial charge is 0.251 e. The fraction of sp³-hybridized carbons (Fsp3) is 0.519. The van der Waals surface area contributed by atoms with Crippen LogP contribution in [0.5, 0.6) is 5.75 Å². The van der Waals surface area contributed by atoms with Crippen molar-refractivity contribution in [3.05, 3.63) is 59.2 Å². The van der Waals surface area contributed by atoms with Crippen molar-refractivity contribution >= 4 is 11.6 Å². The zero-order valence-corrected chi connectivity index (χ0v) is 20.3. The summed E-state index contributed by atoms with van der Waals surface area (Å²) in [6.07, 6.45) is 3.24. The van der Waals surface area contributed by atoms with Gasteiger partial charge in [0.25, 0.3) is 5.91 Å². The Bertz CT molecular complexity index is 922. The molecule has 2 aliphatic rings. The molecular weight excluding hydrogens is 412 g/mol. The summed E-state index contributed by atoms with van der Waals surface area (Å²) >= 11 is 0. The molecule has 2 aromatic rings. The van der Waals surface area contributed by atoms with E-state index in [1.807, 2.05) is 24.3 Å². The SMILES string of the molecule is CCCCOc1ccc(C(=O)NCC(c2ccc3c(c2)CCN3C)N2CCN(C)CC2)cc1. The number of nitrogens with one attached hydrogen (secondary N) is 1. The van der Waals surface area contributed by atoms with E-state index in [1.54, 1.807) is 0 Å². The number of hydrogen-bond acceptors (Lipinski definition) is 5. The summed E-state index contributed by atoms with van der Waals surface area (Å²) in [4.78, 5) is 20.1. The molecule has 2 heterocycles. The summed E-state index contributed by atoms with van der Waals surface area (Å²) in [6, 6.07) is 14.5. The van der Waals surface area contributed by atoms with Crippen molar-refractivity contribution in [2.45, 2.75) is 32.2 Å². The average Bonchev–Trinajstić information content (AvgIpc) is 3.21. The van der Waals surface area contributed by atoms with Crippen LogP contribution < -0.4 is 15.0 Å². The number of rotatable bonds is 9. The van der Waals surface area contributed by atoms with Gasteiger partial charge in [-0.3, -0.25) is 9.69 Å². The molecule has 0 saturated carbocycles. The normalized spacial score (nSPS) is 17.6. The number of anilines is 1. The van der Waals surface area contributed by atoms with Crippen molar-refractivity contribution in [3.63, 3.8) is 0 Å². The maximum Gasteiger partial charge on any atom is 0.251 e. The van der Waals surface area contributed by atoms with E-state index in [1.165, 1.54) is 16.8 Å². The Morgan fingerprint density at radius 1 is 1.03 bits per heavy atom. The molecule has 1 atom stereocenters. The molecule has 0 spiro atoms. The third-order valence-electron chi connectivity index (χ3n) is 6.93. The van der Waals surface area contributed by atoms with E-state index in [2.05, 4.69) is 59.2 Å². The highest BCUT2D eigenvalue weighted by Gasteiger charge is 2.26. The highest BCUT2D eigenvalue weighted by molar-refractivity contribution is 5.94. The number of amides is 1.